The summed E-state index contributed by atoms with van der Waals surface area (Å²) in [6.07, 6.45) is -5.64. The van der Waals surface area contributed by atoms with E-state index in [0.29, 0.717) is 0 Å². The van der Waals surface area contributed by atoms with Gasteiger partial charge in [0, 0.05) is 131 Å². The quantitative estimate of drug-likeness (QED) is 0.364. The molecule has 0 aliphatic rings. The first-order valence-electron chi connectivity index (χ1n) is 1.88. The average molecular weight is 506 g/mol. The van der Waals surface area contributed by atoms with Crippen LogP contribution in [0.15, 0.2) is 0 Å². The van der Waals surface area contributed by atoms with Crippen molar-refractivity contribution in [2.75, 3.05) is 0 Å². The number of carbonyl (C=O) groups is 3. The molecule has 7 nitrogen and oxygen atoms in total. The minimum Gasteiger partial charge on any atom is -0.449 e. The fraction of sp³-hybridized carbons (Fsp3) is 0. The van der Waals surface area contributed by atoms with E-state index in [4.69, 9.17) is 10.2 Å². The molecule has 0 unspecified atom stereocenters. The number of rotatable bonds is 0. The Kier molecular flexibility index (Phi) is 38.6. The smallest absolute Gasteiger partial charge is 0.449 e. The molecule has 0 saturated carbocycles. The van der Waals surface area contributed by atoms with Crippen LogP contribution < -0.4 is 0 Å². The van der Waals surface area contributed by atoms with Gasteiger partial charge in [-0.05, 0) is 0 Å². The van der Waals surface area contributed by atoms with Gasteiger partial charge in [-0.25, -0.2) is 14.4 Å². The zero-order valence-corrected chi connectivity index (χ0v) is 18.1. The molecule has 0 rings (SSSR count). The molecule has 0 aliphatic carbocycles. The van der Waals surface area contributed by atoms with Gasteiger partial charge >= 0.3 is 18.5 Å². The van der Waals surface area contributed by atoms with Crippen molar-refractivity contribution in [2.45, 2.75) is 0 Å². The summed E-state index contributed by atoms with van der Waals surface area (Å²) in [6, 6.07) is 0. The summed E-state index contributed by atoms with van der Waals surface area (Å²) in [6.45, 7) is 0. The predicted octanol–water partition coefficient (Wildman–Crippen LogP) is 0.486. The Balaban J connectivity index is -0.0000000675. The minimum absolute atomic E-state index is 0. The van der Waals surface area contributed by atoms with E-state index in [1.807, 2.05) is 0 Å². The van der Waals surface area contributed by atoms with E-state index in [0.717, 1.165) is 0 Å². The van der Waals surface area contributed by atoms with Crippen LogP contribution in [-0.2, 0) is 140 Å². The molecule has 4 radical (unpaired) electrons. The Morgan fingerprint density at radius 1 is 0.714 bits per heavy atom. The minimum atomic E-state index is -1.92. The third-order valence-corrected chi connectivity index (χ3v) is 0.341. The van der Waals surface area contributed by atoms with E-state index in [1.54, 1.807) is 0 Å². The fourth-order valence-electron chi connectivity index (χ4n) is 0.163. The van der Waals surface area contributed by atoms with Gasteiger partial charge in [0.2, 0.25) is 0 Å². The average Bonchev–Trinajstić information content (AvgIpc) is 1.58. The second-order valence-corrected chi connectivity index (χ2v) is 0.986. The molecular formula is C3H2O7Y4. The second kappa shape index (κ2) is 18.0. The Hall–Kier alpha value is 2.63. The summed E-state index contributed by atoms with van der Waals surface area (Å²) in [5.74, 6) is 0. The topological polar surface area (TPSA) is 110 Å². The Bertz CT molecular complexity index is 164. The Morgan fingerprint density at radius 2 is 0.929 bits per heavy atom. The summed E-state index contributed by atoms with van der Waals surface area (Å²) < 4.78 is 6.47. The number of ether oxygens (including phenoxy) is 2. The van der Waals surface area contributed by atoms with E-state index < -0.39 is 18.5 Å². The van der Waals surface area contributed by atoms with Gasteiger partial charge in [-0.2, -0.15) is 0 Å². The molecule has 11 heteroatoms. The van der Waals surface area contributed by atoms with Crippen LogP contribution in [0.25, 0.3) is 0 Å². The molecule has 0 amide bonds. The molecule has 2 N–H and O–H groups in total. The van der Waals surface area contributed by atoms with Gasteiger partial charge in [-0.15, -0.1) is 0 Å². The monoisotopic (exact) mass is 506 g/mol. The largest absolute Gasteiger partial charge is 0.528 e. The molecular weight excluding hydrogens is 504 g/mol. The van der Waals surface area contributed by atoms with Crippen LogP contribution in [0.1, 0.15) is 0 Å². The zero-order chi connectivity index (χ0) is 8.15. The normalized spacial score (nSPS) is 5.71. The molecule has 0 fully saturated rings. The van der Waals surface area contributed by atoms with Crippen molar-refractivity contribution in [2.24, 2.45) is 0 Å². The first kappa shape index (κ1) is 30.0. The summed E-state index contributed by atoms with van der Waals surface area (Å²) in [7, 11) is 0. The maximum absolute atomic E-state index is 9.86. The van der Waals surface area contributed by atoms with E-state index >= 15 is 0 Å². The summed E-state index contributed by atoms with van der Waals surface area (Å²) in [5, 5.41) is 15.4. The Labute approximate surface area is 179 Å². The van der Waals surface area contributed by atoms with Gasteiger partial charge in [0.15, 0.2) is 0 Å². The molecule has 0 aromatic heterocycles. The first-order valence-corrected chi connectivity index (χ1v) is 1.88. The molecule has 0 saturated heterocycles. The van der Waals surface area contributed by atoms with E-state index in [2.05, 4.69) is 9.47 Å². The van der Waals surface area contributed by atoms with Crippen LogP contribution in [-0.4, -0.2) is 28.7 Å². The molecule has 0 bridgehead atoms. The van der Waals surface area contributed by atoms with Gasteiger partial charge in [0.1, 0.15) is 0 Å². The molecule has 0 atom stereocenters. The van der Waals surface area contributed by atoms with Crippen LogP contribution in [0.3, 0.4) is 0 Å². The second-order valence-electron chi connectivity index (χ2n) is 0.986. The van der Waals surface area contributed by atoms with Crippen molar-refractivity contribution in [1.82, 2.24) is 0 Å². The maximum atomic E-state index is 9.86. The molecule has 0 aromatic rings. The summed E-state index contributed by atoms with van der Waals surface area (Å²) in [5.41, 5.74) is 0. The van der Waals surface area contributed by atoms with Crippen molar-refractivity contribution < 1.29 is 165 Å². The third-order valence-electron chi connectivity index (χ3n) is 0.341. The number of hydrogen-bond acceptors (Lipinski definition) is 5. The van der Waals surface area contributed by atoms with Gasteiger partial charge in [0.25, 0.3) is 0 Å². The van der Waals surface area contributed by atoms with Gasteiger partial charge in [-0.1, -0.05) is 0 Å². The SMILES string of the molecule is O=C(O)OC(=O)OC(=O)O.[Y].[Y].[Y].[Y]. The predicted molar refractivity (Wildman–Crippen MR) is 23.6 cm³/mol. The van der Waals surface area contributed by atoms with Crippen LogP contribution >= 0.6 is 0 Å². The Morgan fingerprint density at radius 3 is 1.07 bits per heavy atom. The van der Waals surface area contributed by atoms with Crippen LogP contribution in [0, 0.1) is 0 Å². The van der Waals surface area contributed by atoms with E-state index in [1.165, 1.54) is 0 Å². The van der Waals surface area contributed by atoms with E-state index in [9.17, 15) is 14.4 Å². The molecule has 14 heavy (non-hydrogen) atoms. The first-order chi connectivity index (χ1) is 4.52. The number of carbonyl (C=O) groups excluding carboxylic acids is 1. The van der Waals surface area contributed by atoms with Crippen molar-refractivity contribution in [3.05, 3.63) is 0 Å². The molecule has 0 spiro atoms. The van der Waals surface area contributed by atoms with Crippen LogP contribution in [0.5, 0.6) is 0 Å². The summed E-state index contributed by atoms with van der Waals surface area (Å²) >= 11 is 0. The van der Waals surface area contributed by atoms with Crippen LogP contribution in [0.4, 0.5) is 14.4 Å². The van der Waals surface area contributed by atoms with Crippen molar-refractivity contribution in [1.29, 1.82) is 0 Å². The maximum Gasteiger partial charge on any atom is 0.528 e. The van der Waals surface area contributed by atoms with Crippen LogP contribution in [0.2, 0.25) is 0 Å². The number of carboxylic acid groups (broad SMARTS) is 2. The van der Waals surface area contributed by atoms with Crippen molar-refractivity contribution >= 4 is 18.5 Å². The third kappa shape index (κ3) is 24.1. The molecule has 68 valence electrons. The van der Waals surface area contributed by atoms with E-state index in [-0.39, 0.29) is 131 Å². The molecule has 0 aliphatic heterocycles. The van der Waals surface area contributed by atoms with Crippen molar-refractivity contribution in [3.8, 4) is 0 Å². The van der Waals surface area contributed by atoms with Gasteiger partial charge < -0.3 is 19.7 Å². The molecule has 0 heterocycles. The van der Waals surface area contributed by atoms with Gasteiger partial charge in [-0.3, -0.25) is 0 Å². The fourth-order valence-corrected chi connectivity index (χ4v) is 0.163. The van der Waals surface area contributed by atoms with Crippen molar-refractivity contribution in [3.63, 3.8) is 0 Å². The molecule has 0 aromatic carbocycles. The standard InChI is InChI=1S/C3H2O7.4Y/c4-1(5)9-3(8)10-2(6)7;;;;/h(H,4,5)(H,6,7);;;;. The number of hydrogen-bond donors (Lipinski definition) is 2. The zero-order valence-electron chi connectivity index (χ0n) is 6.75. The summed E-state index contributed by atoms with van der Waals surface area (Å²) in [4.78, 5) is 28.8. The van der Waals surface area contributed by atoms with Gasteiger partial charge in [0.05, 0.1) is 0 Å².